The van der Waals surface area contributed by atoms with Gasteiger partial charge < -0.3 is 17.1 Å². The maximum Gasteiger partial charge on any atom is 2.00 e. The summed E-state index contributed by atoms with van der Waals surface area (Å²) in [6.07, 6.45) is 4.42. The van der Waals surface area contributed by atoms with Crippen molar-refractivity contribution in [2.24, 2.45) is 9.98 Å². The van der Waals surface area contributed by atoms with Crippen molar-refractivity contribution in [2.45, 2.75) is 65.7 Å². The number of benzene rings is 4. The summed E-state index contributed by atoms with van der Waals surface area (Å²) >= 11 is 0. The second-order valence-corrected chi connectivity index (χ2v) is 11.7. The molecule has 0 aliphatic carbocycles. The molecule has 0 aliphatic rings. The summed E-state index contributed by atoms with van der Waals surface area (Å²) < 4.78 is 0. The third-order valence-corrected chi connectivity index (χ3v) is 5.97. The molecule has 2 N–H and O–H groups in total. The molecular weight excluding hydrogens is 552 g/mol. The standard InChI is InChI=1S/2C17H19NO.C3H7.Ti/c2*1-17(2,3)15-11-7-8-13(16(15)19)12-18-14-9-5-4-6-10-14;1-3-2;/h2*4-12,19H,1-3H3;1,3H2,2H3;/q;;-1;+2. The average molecular weight is 598 g/mol. The molecule has 0 saturated carbocycles. The quantitative estimate of drug-likeness (QED) is 0.140. The van der Waals surface area contributed by atoms with Gasteiger partial charge in [0.25, 0.3) is 0 Å². The molecule has 0 fully saturated rings. The first kappa shape index (κ1) is 36.6. The van der Waals surface area contributed by atoms with Crippen molar-refractivity contribution in [3.63, 3.8) is 0 Å². The minimum atomic E-state index is -0.0827. The van der Waals surface area contributed by atoms with Crippen LogP contribution in [0.15, 0.2) is 107 Å². The van der Waals surface area contributed by atoms with E-state index in [0.717, 1.165) is 40.0 Å². The predicted octanol–water partition coefficient (Wildman–Crippen LogP) is 10.1. The van der Waals surface area contributed by atoms with Crippen LogP contribution >= 0.6 is 0 Å². The summed E-state index contributed by atoms with van der Waals surface area (Å²) in [5.41, 5.74) is 4.95. The summed E-state index contributed by atoms with van der Waals surface area (Å²) in [5, 5.41) is 20.6. The molecule has 0 amide bonds. The zero-order valence-corrected chi connectivity index (χ0v) is 27.7. The number of aromatic hydroxyl groups is 2. The van der Waals surface area contributed by atoms with Gasteiger partial charge in [-0.05, 0) is 58.4 Å². The van der Waals surface area contributed by atoms with Gasteiger partial charge in [0.05, 0.1) is 11.4 Å². The van der Waals surface area contributed by atoms with E-state index in [1.165, 1.54) is 0 Å². The minimum absolute atomic E-state index is 0. The van der Waals surface area contributed by atoms with E-state index in [2.05, 4.69) is 58.5 Å². The van der Waals surface area contributed by atoms with E-state index in [1.807, 2.05) is 104 Å². The van der Waals surface area contributed by atoms with Crippen LogP contribution in [0.5, 0.6) is 11.5 Å². The second-order valence-electron chi connectivity index (χ2n) is 11.7. The maximum atomic E-state index is 10.3. The van der Waals surface area contributed by atoms with Crippen LogP contribution in [0.4, 0.5) is 11.4 Å². The Morgan fingerprint density at radius 2 is 0.881 bits per heavy atom. The third kappa shape index (κ3) is 11.8. The van der Waals surface area contributed by atoms with Crippen LogP contribution in [-0.4, -0.2) is 22.6 Å². The first-order valence-corrected chi connectivity index (χ1v) is 14.0. The fourth-order valence-corrected chi connectivity index (χ4v) is 3.86. The van der Waals surface area contributed by atoms with E-state index in [4.69, 9.17) is 0 Å². The van der Waals surface area contributed by atoms with E-state index in [-0.39, 0.29) is 32.5 Å². The zero-order chi connectivity index (χ0) is 30.5. The van der Waals surface area contributed by atoms with E-state index >= 15 is 0 Å². The summed E-state index contributed by atoms with van der Waals surface area (Å²) in [6, 6.07) is 31.0. The largest absolute Gasteiger partial charge is 2.00 e. The van der Waals surface area contributed by atoms with Crippen molar-refractivity contribution in [3.05, 3.63) is 126 Å². The summed E-state index contributed by atoms with van der Waals surface area (Å²) in [7, 11) is 0. The number of hydrogen-bond donors (Lipinski definition) is 2. The number of aliphatic imine (C=N–C) groups is 2. The van der Waals surface area contributed by atoms with Crippen molar-refractivity contribution in [1.82, 2.24) is 0 Å². The fourth-order valence-electron chi connectivity index (χ4n) is 3.86. The van der Waals surface area contributed by atoms with E-state index < -0.39 is 0 Å². The smallest absolute Gasteiger partial charge is 0.507 e. The van der Waals surface area contributed by atoms with Gasteiger partial charge in [-0.25, -0.2) is 0 Å². The number of para-hydroxylation sites is 4. The number of rotatable bonds is 4. The average Bonchev–Trinajstić information content (AvgIpc) is 2.92. The van der Waals surface area contributed by atoms with Crippen molar-refractivity contribution in [2.75, 3.05) is 0 Å². The summed E-state index contributed by atoms with van der Waals surface area (Å²) in [4.78, 5) is 8.75. The van der Waals surface area contributed by atoms with Crippen LogP contribution in [-0.2, 0) is 32.5 Å². The molecule has 218 valence electrons. The van der Waals surface area contributed by atoms with Crippen molar-refractivity contribution < 1.29 is 31.9 Å². The van der Waals surface area contributed by atoms with E-state index in [9.17, 15) is 10.2 Å². The van der Waals surface area contributed by atoms with Gasteiger partial charge in [-0.1, -0.05) is 109 Å². The normalized spacial score (nSPS) is 11.2. The molecule has 0 unspecified atom stereocenters. The molecule has 0 atom stereocenters. The van der Waals surface area contributed by atoms with E-state index in [1.54, 1.807) is 12.4 Å². The van der Waals surface area contributed by atoms with Crippen LogP contribution < -0.4 is 0 Å². The van der Waals surface area contributed by atoms with Gasteiger partial charge in [0.2, 0.25) is 0 Å². The summed E-state index contributed by atoms with van der Waals surface area (Å²) in [6.45, 7) is 18.0. The van der Waals surface area contributed by atoms with Gasteiger partial charge in [-0.3, -0.25) is 9.98 Å². The molecule has 0 aromatic heterocycles. The molecule has 42 heavy (non-hydrogen) atoms. The molecule has 4 aromatic carbocycles. The predicted molar refractivity (Wildman–Crippen MR) is 177 cm³/mol. The van der Waals surface area contributed by atoms with Crippen molar-refractivity contribution in [1.29, 1.82) is 0 Å². The Balaban J connectivity index is 0.000000376. The topological polar surface area (TPSA) is 65.2 Å². The van der Waals surface area contributed by atoms with Crippen molar-refractivity contribution in [3.8, 4) is 11.5 Å². The van der Waals surface area contributed by atoms with Gasteiger partial charge in [-0.2, -0.15) is 6.42 Å². The van der Waals surface area contributed by atoms with Gasteiger partial charge in [0.1, 0.15) is 11.5 Å². The third-order valence-electron chi connectivity index (χ3n) is 5.97. The molecule has 0 saturated heterocycles. The van der Waals surface area contributed by atoms with Crippen LogP contribution in [0, 0.1) is 6.92 Å². The molecule has 0 radical (unpaired) electrons. The number of phenols is 2. The Labute approximate surface area is 268 Å². The molecule has 5 heteroatoms. The van der Waals surface area contributed by atoms with Crippen LogP contribution in [0.1, 0.15) is 77.1 Å². The minimum Gasteiger partial charge on any atom is -0.507 e. The van der Waals surface area contributed by atoms with Crippen LogP contribution in [0.25, 0.3) is 0 Å². The number of hydrogen-bond acceptors (Lipinski definition) is 4. The summed E-state index contributed by atoms with van der Waals surface area (Å²) in [5.74, 6) is 0.629. The molecule has 0 heterocycles. The SMILES string of the molecule is CC(C)(C)c1cccc(C=Nc2ccccc2)c1O.CC(C)(C)c1cccc(C=Nc2ccccc2)c1O.[CH2-]CC.[Ti+2]. The van der Waals surface area contributed by atoms with Crippen LogP contribution in [0.3, 0.4) is 0 Å². The van der Waals surface area contributed by atoms with Gasteiger partial charge >= 0.3 is 21.7 Å². The molecule has 4 rings (SSSR count). The fraction of sp³-hybridized carbons (Fsp3) is 0.270. The Kier molecular flexibility index (Phi) is 15.2. The maximum absolute atomic E-state index is 10.3. The van der Waals surface area contributed by atoms with Crippen LogP contribution in [0.2, 0.25) is 0 Å². The monoisotopic (exact) mass is 597 g/mol. The number of nitrogens with zero attached hydrogens (tertiary/aromatic N) is 2. The van der Waals surface area contributed by atoms with E-state index in [0.29, 0.717) is 11.5 Å². The first-order valence-electron chi connectivity index (χ1n) is 14.0. The molecule has 0 spiro atoms. The molecule has 4 nitrogen and oxygen atoms in total. The molecule has 4 aromatic rings. The first-order chi connectivity index (χ1) is 19.4. The van der Waals surface area contributed by atoms with Crippen molar-refractivity contribution >= 4 is 23.8 Å². The van der Waals surface area contributed by atoms with Gasteiger partial charge in [0.15, 0.2) is 0 Å². The van der Waals surface area contributed by atoms with Gasteiger partial charge in [-0.15, -0.1) is 0 Å². The second kappa shape index (κ2) is 17.5. The molecule has 0 bridgehead atoms. The van der Waals surface area contributed by atoms with Gasteiger partial charge in [0, 0.05) is 23.6 Å². The zero-order valence-electron chi connectivity index (χ0n) is 26.1. The molecular formula is C37H45N2O2Ti+. The number of phenolic OH excluding ortho intramolecular Hbond substituents is 2. The molecule has 0 aliphatic heterocycles. The Bertz CT molecular complexity index is 1290. The Morgan fingerprint density at radius 1 is 0.571 bits per heavy atom. The Morgan fingerprint density at radius 3 is 1.17 bits per heavy atom. The Hall–Kier alpha value is -3.47.